The Labute approximate surface area is 132 Å². The molecule has 1 aromatic heterocycles. The molecule has 0 spiro atoms. The van der Waals surface area contributed by atoms with Crippen molar-refractivity contribution in [1.29, 1.82) is 0 Å². The van der Waals surface area contributed by atoms with Crippen LogP contribution in [0.15, 0.2) is 18.2 Å². The molecule has 0 aliphatic rings. The number of methoxy groups -OCH3 is 1. The van der Waals surface area contributed by atoms with E-state index in [2.05, 4.69) is 23.6 Å². The number of benzene rings is 1. The molecule has 0 amide bonds. The van der Waals surface area contributed by atoms with Gasteiger partial charge in [0, 0.05) is 0 Å². The van der Waals surface area contributed by atoms with Crippen molar-refractivity contribution in [3.63, 3.8) is 0 Å². The van der Waals surface area contributed by atoms with Crippen molar-refractivity contribution in [1.82, 2.24) is 4.98 Å². The lowest BCUT2D eigenvalue weighted by Crippen LogP contribution is -1.98. The fourth-order valence-corrected chi connectivity index (χ4v) is 2.91. The van der Waals surface area contributed by atoms with Crippen LogP contribution in [-0.2, 0) is 4.74 Å². The molecule has 112 valence electrons. The van der Waals surface area contributed by atoms with Crippen molar-refractivity contribution in [2.75, 3.05) is 7.11 Å². The molecule has 0 aliphatic heterocycles. The lowest BCUT2D eigenvalue weighted by molar-refractivity contribution is 0.0606. The zero-order valence-corrected chi connectivity index (χ0v) is 13.8. The van der Waals surface area contributed by atoms with Gasteiger partial charge in [0.25, 0.3) is 5.19 Å². The molecule has 0 saturated heterocycles. The summed E-state index contributed by atoms with van der Waals surface area (Å²) in [4.78, 5) is 15.8. The number of carbonyl (C=O) groups is 1. The third-order valence-corrected chi connectivity index (χ3v) is 4.22. The van der Waals surface area contributed by atoms with Crippen LogP contribution < -0.4 is 4.74 Å². The molecule has 21 heavy (non-hydrogen) atoms. The summed E-state index contributed by atoms with van der Waals surface area (Å²) in [7, 11) is 1.30. The highest BCUT2D eigenvalue weighted by atomic mass is 35.5. The van der Waals surface area contributed by atoms with E-state index in [9.17, 15) is 4.79 Å². The van der Waals surface area contributed by atoms with Gasteiger partial charge in [-0.05, 0) is 30.0 Å². The van der Waals surface area contributed by atoms with Gasteiger partial charge in [0.15, 0.2) is 10.0 Å². The maximum atomic E-state index is 11.5. The van der Waals surface area contributed by atoms with Gasteiger partial charge in [-0.1, -0.05) is 48.9 Å². The number of halogens is 1. The predicted molar refractivity (Wildman–Crippen MR) is 83.8 cm³/mol. The van der Waals surface area contributed by atoms with E-state index in [4.69, 9.17) is 16.3 Å². The van der Waals surface area contributed by atoms with E-state index in [0.717, 1.165) is 28.2 Å². The molecule has 0 atom stereocenters. The number of rotatable bonds is 4. The Morgan fingerprint density at radius 2 is 2.10 bits per heavy atom. The number of aromatic nitrogens is 1. The number of carbonyl (C=O) groups excluding carboxylic acids is 1. The minimum absolute atomic E-state index is 0.0978. The van der Waals surface area contributed by atoms with Gasteiger partial charge in [0.2, 0.25) is 0 Å². The van der Waals surface area contributed by atoms with Crippen molar-refractivity contribution in [3.05, 3.63) is 39.4 Å². The third kappa shape index (κ3) is 3.54. The fourth-order valence-electron chi connectivity index (χ4n) is 1.85. The molecular formula is C15H16ClNO3S. The largest absolute Gasteiger partial charge is 0.465 e. The van der Waals surface area contributed by atoms with Crippen LogP contribution >= 0.6 is 22.9 Å². The van der Waals surface area contributed by atoms with Crippen molar-refractivity contribution in [2.45, 2.75) is 26.7 Å². The monoisotopic (exact) mass is 325 g/mol. The topological polar surface area (TPSA) is 48.4 Å². The van der Waals surface area contributed by atoms with Gasteiger partial charge in [0.1, 0.15) is 5.75 Å². The normalized spacial score (nSPS) is 10.8. The molecule has 0 N–H and O–H groups in total. The van der Waals surface area contributed by atoms with E-state index in [1.54, 1.807) is 0 Å². The number of nitrogens with zero attached hydrogens (tertiary/aromatic N) is 1. The van der Waals surface area contributed by atoms with Crippen molar-refractivity contribution in [2.24, 2.45) is 0 Å². The van der Waals surface area contributed by atoms with E-state index in [1.807, 2.05) is 25.1 Å². The molecule has 0 saturated carbocycles. The van der Waals surface area contributed by atoms with Crippen molar-refractivity contribution >= 4 is 28.9 Å². The number of ether oxygens (including phenoxy) is 2. The van der Waals surface area contributed by atoms with Gasteiger partial charge in [-0.15, -0.1) is 0 Å². The van der Waals surface area contributed by atoms with Crippen LogP contribution in [0.25, 0.3) is 0 Å². The number of aryl methyl sites for hydroxylation is 1. The smallest absolute Gasteiger partial charge is 0.351 e. The Morgan fingerprint density at radius 3 is 2.71 bits per heavy atom. The Kier molecular flexibility index (Phi) is 4.85. The molecule has 1 heterocycles. The van der Waals surface area contributed by atoms with Crippen molar-refractivity contribution < 1.29 is 14.3 Å². The highest BCUT2D eigenvalue weighted by Gasteiger charge is 2.19. The summed E-state index contributed by atoms with van der Waals surface area (Å²) < 4.78 is 10.5. The summed E-state index contributed by atoms with van der Waals surface area (Å²) in [5.74, 6) is 0.531. The van der Waals surface area contributed by atoms with Gasteiger partial charge >= 0.3 is 5.97 Å². The van der Waals surface area contributed by atoms with Crippen LogP contribution in [0.3, 0.4) is 0 Å². The molecular weight excluding hydrogens is 310 g/mol. The molecule has 0 radical (unpaired) electrons. The summed E-state index contributed by atoms with van der Waals surface area (Å²) >= 11 is 7.01. The van der Waals surface area contributed by atoms with Crippen LogP contribution in [0.2, 0.25) is 5.15 Å². The van der Waals surface area contributed by atoms with E-state index in [1.165, 1.54) is 7.11 Å². The average molecular weight is 326 g/mol. The molecule has 0 bridgehead atoms. The van der Waals surface area contributed by atoms with E-state index >= 15 is 0 Å². The maximum absolute atomic E-state index is 11.5. The number of esters is 1. The highest BCUT2D eigenvalue weighted by Crippen LogP contribution is 2.36. The average Bonchev–Trinajstić information content (AvgIpc) is 2.78. The SMILES string of the molecule is COC(=O)c1sc(Oc2cc(C)ccc2C(C)C)nc1Cl. The molecule has 0 aliphatic carbocycles. The second kappa shape index (κ2) is 6.45. The first-order valence-corrected chi connectivity index (χ1v) is 7.65. The van der Waals surface area contributed by atoms with Crippen LogP contribution in [0.1, 0.15) is 40.6 Å². The minimum atomic E-state index is -0.513. The van der Waals surface area contributed by atoms with Crippen molar-refractivity contribution in [3.8, 4) is 10.9 Å². The Hall–Kier alpha value is -1.59. The number of hydrogen-bond donors (Lipinski definition) is 0. The molecule has 1 aromatic carbocycles. The second-order valence-corrected chi connectivity index (χ2v) is 6.21. The first-order valence-electron chi connectivity index (χ1n) is 6.45. The van der Waals surface area contributed by atoms with Gasteiger partial charge < -0.3 is 9.47 Å². The Morgan fingerprint density at radius 1 is 1.38 bits per heavy atom. The Bertz CT molecular complexity index is 667. The number of thiazole rings is 1. The fraction of sp³-hybridized carbons (Fsp3) is 0.333. The zero-order valence-electron chi connectivity index (χ0n) is 12.3. The highest BCUT2D eigenvalue weighted by molar-refractivity contribution is 7.15. The van der Waals surface area contributed by atoms with Crippen LogP contribution in [0, 0.1) is 6.92 Å². The Balaban J connectivity index is 2.34. The third-order valence-electron chi connectivity index (χ3n) is 2.93. The lowest BCUT2D eigenvalue weighted by atomic mass is 10.0. The van der Waals surface area contributed by atoms with E-state index in [-0.39, 0.29) is 10.0 Å². The predicted octanol–water partition coefficient (Wildman–Crippen LogP) is 4.81. The van der Waals surface area contributed by atoms with Gasteiger partial charge in [0.05, 0.1) is 7.11 Å². The maximum Gasteiger partial charge on any atom is 0.351 e. The van der Waals surface area contributed by atoms with Gasteiger partial charge in [-0.25, -0.2) is 4.79 Å². The second-order valence-electron chi connectivity index (χ2n) is 4.89. The lowest BCUT2D eigenvalue weighted by Gasteiger charge is -2.12. The molecule has 0 fully saturated rings. The summed E-state index contributed by atoms with van der Waals surface area (Å²) in [6.45, 7) is 6.17. The first kappa shape index (κ1) is 15.8. The summed E-state index contributed by atoms with van der Waals surface area (Å²) in [6.07, 6.45) is 0. The summed E-state index contributed by atoms with van der Waals surface area (Å²) in [5.41, 5.74) is 2.16. The molecule has 6 heteroatoms. The molecule has 2 aromatic rings. The minimum Gasteiger partial charge on any atom is -0.465 e. The van der Waals surface area contributed by atoms with Crippen LogP contribution in [0.5, 0.6) is 10.9 Å². The van der Waals surface area contributed by atoms with E-state index < -0.39 is 5.97 Å². The summed E-state index contributed by atoms with van der Waals surface area (Å²) in [5, 5.41) is 0.425. The quantitative estimate of drug-likeness (QED) is 0.757. The molecule has 4 nitrogen and oxygen atoms in total. The van der Waals surface area contributed by atoms with Gasteiger partial charge in [-0.2, -0.15) is 4.98 Å². The van der Waals surface area contributed by atoms with Gasteiger partial charge in [-0.3, -0.25) is 0 Å². The molecule has 0 unspecified atom stereocenters. The standard InChI is InChI=1S/C15H16ClNO3S/c1-8(2)10-6-5-9(3)7-11(10)20-15-17-13(16)12(21-15)14(18)19-4/h5-8H,1-4H3. The summed E-state index contributed by atoms with van der Waals surface area (Å²) in [6, 6.07) is 6.02. The van der Waals surface area contributed by atoms with Crippen LogP contribution in [0.4, 0.5) is 0 Å². The van der Waals surface area contributed by atoms with E-state index in [0.29, 0.717) is 11.1 Å². The molecule has 2 rings (SSSR count). The zero-order chi connectivity index (χ0) is 15.6. The van der Waals surface area contributed by atoms with Crippen LogP contribution in [-0.4, -0.2) is 18.1 Å². The number of hydrogen-bond acceptors (Lipinski definition) is 5. The first-order chi connectivity index (χ1) is 9.92.